The Morgan fingerprint density at radius 2 is 2.21 bits per heavy atom. The second-order valence-electron chi connectivity index (χ2n) is 7.05. The van der Waals surface area contributed by atoms with Crippen LogP contribution in [-0.2, 0) is 14.3 Å². The Labute approximate surface area is 114 Å². The Kier molecular flexibility index (Phi) is 2.69. The first kappa shape index (κ1) is 12.9. The molecule has 0 saturated heterocycles. The molecule has 0 aromatic heterocycles. The van der Waals surface area contributed by atoms with E-state index in [4.69, 9.17) is 9.47 Å². The number of hydrogen-bond acceptors (Lipinski definition) is 3. The van der Waals surface area contributed by atoms with Gasteiger partial charge in [-0.15, -0.1) is 0 Å². The quantitative estimate of drug-likeness (QED) is 0.733. The summed E-state index contributed by atoms with van der Waals surface area (Å²) in [7, 11) is 0. The van der Waals surface area contributed by atoms with Crippen molar-refractivity contribution < 1.29 is 14.3 Å². The van der Waals surface area contributed by atoms with Gasteiger partial charge in [0, 0.05) is 11.6 Å². The molecule has 0 aromatic carbocycles. The van der Waals surface area contributed by atoms with Gasteiger partial charge in [-0.2, -0.15) is 0 Å². The zero-order chi connectivity index (χ0) is 13.8. The molecule has 3 nitrogen and oxygen atoms in total. The van der Waals surface area contributed by atoms with Crippen molar-refractivity contribution in [2.45, 2.75) is 52.4 Å². The van der Waals surface area contributed by atoms with Gasteiger partial charge in [-0.3, -0.25) is 0 Å². The van der Waals surface area contributed by atoms with Crippen molar-refractivity contribution in [3.05, 3.63) is 24.3 Å². The van der Waals surface area contributed by atoms with E-state index in [1.165, 1.54) is 25.3 Å². The summed E-state index contributed by atoms with van der Waals surface area (Å²) in [4.78, 5) is 11.4. The van der Waals surface area contributed by atoms with E-state index >= 15 is 0 Å². The highest BCUT2D eigenvalue weighted by atomic mass is 16.7. The zero-order valence-electron chi connectivity index (χ0n) is 11.9. The van der Waals surface area contributed by atoms with Gasteiger partial charge < -0.3 is 9.47 Å². The molecule has 2 saturated carbocycles. The van der Waals surface area contributed by atoms with Crippen LogP contribution in [0.15, 0.2) is 24.3 Å². The van der Waals surface area contributed by atoms with Gasteiger partial charge in [0.2, 0.25) is 6.29 Å². The summed E-state index contributed by atoms with van der Waals surface area (Å²) in [5, 5.41) is 0. The molecule has 1 unspecified atom stereocenters. The fourth-order valence-corrected chi connectivity index (χ4v) is 4.39. The first-order valence-corrected chi connectivity index (χ1v) is 7.07. The summed E-state index contributed by atoms with van der Waals surface area (Å²) in [6.07, 6.45) is 6.41. The van der Waals surface area contributed by atoms with Crippen molar-refractivity contribution in [1.82, 2.24) is 0 Å². The summed E-state index contributed by atoms with van der Waals surface area (Å²) in [5.41, 5.74) is 1.11. The first-order chi connectivity index (χ1) is 8.87. The van der Waals surface area contributed by atoms with Crippen LogP contribution >= 0.6 is 0 Å². The predicted molar refractivity (Wildman–Crippen MR) is 72.3 cm³/mol. The Bertz CT molecular complexity index is 458. The Balaban J connectivity index is 1.82. The minimum Gasteiger partial charge on any atom is -0.428 e. The van der Waals surface area contributed by atoms with Gasteiger partial charge in [0.15, 0.2) is 0 Å². The number of hydrogen-bond donors (Lipinski definition) is 0. The highest BCUT2D eigenvalue weighted by Crippen LogP contribution is 2.63. The Morgan fingerprint density at radius 3 is 2.79 bits per heavy atom. The molecule has 104 valence electrons. The summed E-state index contributed by atoms with van der Waals surface area (Å²) in [6, 6.07) is 0. The third kappa shape index (κ3) is 1.78. The lowest BCUT2D eigenvalue weighted by atomic mass is 9.70. The van der Waals surface area contributed by atoms with E-state index in [0.717, 1.165) is 11.5 Å². The lowest BCUT2D eigenvalue weighted by molar-refractivity contribution is -0.196. The monoisotopic (exact) mass is 262 g/mol. The molecule has 1 heterocycles. The van der Waals surface area contributed by atoms with Crippen LogP contribution in [0.5, 0.6) is 0 Å². The number of carbonyl (C=O) groups is 1. The van der Waals surface area contributed by atoms with Crippen LogP contribution in [0.1, 0.15) is 40.0 Å². The van der Waals surface area contributed by atoms with Crippen molar-refractivity contribution in [1.29, 1.82) is 0 Å². The topological polar surface area (TPSA) is 35.5 Å². The third-order valence-corrected chi connectivity index (χ3v) is 5.41. The first-order valence-electron chi connectivity index (χ1n) is 7.07. The average molecular weight is 262 g/mol. The third-order valence-electron chi connectivity index (χ3n) is 5.41. The molecule has 0 amide bonds. The summed E-state index contributed by atoms with van der Waals surface area (Å²) >= 11 is 0. The summed E-state index contributed by atoms with van der Waals surface area (Å²) in [6.45, 7) is 10.6. The van der Waals surface area contributed by atoms with Crippen LogP contribution in [0.25, 0.3) is 0 Å². The predicted octanol–water partition coefficient (Wildman–Crippen LogP) is 3.21. The molecule has 2 fully saturated rings. The largest absolute Gasteiger partial charge is 0.428 e. The highest BCUT2D eigenvalue weighted by molar-refractivity contribution is 5.86. The second-order valence-corrected chi connectivity index (χ2v) is 7.05. The molecular formula is C16H22O3. The van der Waals surface area contributed by atoms with Crippen LogP contribution in [-0.4, -0.2) is 18.4 Å². The lowest BCUT2D eigenvalue weighted by Crippen LogP contribution is -2.44. The maximum atomic E-state index is 11.4. The van der Waals surface area contributed by atoms with Gasteiger partial charge in [0.05, 0.1) is 6.10 Å². The normalized spacial score (nSPS) is 43.2. The average Bonchev–Trinajstić information content (AvgIpc) is 2.93. The SMILES string of the molecule is C=CC1=CC(=O)OC1O[C@H]1C(C)(C)[C@@H]2CC[C@@]1(C)C2. The Morgan fingerprint density at radius 1 is 1.47 bits per heavy atom. The van der Waals surface area contributed by atoms with Gasteiger partial charge in [0.25, 0.3) is 0 Å². The minimum atomic E-state index is -0.564. The molecule has 3 aliphatic rings. The highest BCUT2D eigenvalue weighted by Gasteiger charge is 2.61. The number of esters is 1. The fourth-order valence-electron chi connectivity index (χ4n) is 4.39. The molecule has 0 radical (unpaired) electrons. The van der Waals surface area contributed by atoms with Crippen LogP contribution in [0.2, 0.25) is 0 Å². The van der Waals surface area contributed by atoms with Gasteiger partial charge >= 0.3 is 5.97 Å². The zero-order valence-corrected chi connectivity index (χ0v) is 11.9. The molecule has 2 bridgehead atoms. The standard InChI is InChI=1S/C16H22O3/c1-5-10-8-12(17)18-13(10)19-14-15(2,3)11-6-7-16(14,4)9-11/h5,8,11,13-14H,1,6-7,9H2,2-4H3/t11-,13?,14+,16+/m1/s1. The van der Waals surface area contributed by atoms with E-state index in [2.05, 4.69) is 27.4 Å². The molecule has 2 aliphatic carbocycles. The van der Waals surface area contributed by atoms with Crippen molar-refractivity contribution in [2.75, 3.05) is 0 Å². The second kappa shape index (κ2) is 3.95. The molecular weight excluding hydrogens is 240 g/mol. The Hall–Kier alpha value is -1.09. The fraction of sp³-hybridized carbons (Fsp3) is 0.688. The lowest BCUT2D eigenvalue weighted by Gasteiger charge is -2.43. The van der Waals surface area contributed by atoms with E-state index in [1.807, 2.05) is 0 Å². The molecule has 3 heteroatoms. The maximum Gasteiger partial charge on any atom is 0.333 e. The van der Waals surface area contributed by atoms with Crippen LogP contribution in [0.4, 0.5) is 0 Å². The maximum absolute atomic E-state index is 11.4. The van der Waals surface area contributed by atoms with E-state index in [0.29, 0.717) is 0 Å². The van der Waals surface area contributed by atoms with Crippen molar-refractivity contribution in [3.63, 3.8) is 0 Å². The van der Waals surface area contributed by atoms with Crippen molar-refractivity contribution in [2.24, 2.45) is 16.7 Å². The summed E-state index contributed by atoms with van der Waals surface area (Å²) in [5.74, 6) is 0.391. The molecule has 19 heavy (non-hydrogen) atoms. The van der Waals surface area contributed by atoms with Crippen LogP contribution < -0.4 is 0 Å². The molecule has 1 aliphatic heterocycles. The number of fused-ring (bicyclic) bond motifs is 2. The number of rotatable bonds is 3. The van der Waals surface area contributed by atoms with Crippen molar-refractivity contribution >= 4 is 5.97 Å². The molecule has 0 N–H and O–H groups in total. The van der Waals surface area contributed by atoms with Gasteiger partial charge in [-0.1, -0.05) is 33.4 Å². The van der Waals surface area contributed by atoms with E-state index in [1.54, 1.807) is 6.08 Å². The molecule has 3 rings (SSSR count). The van der Waals surface area contributed by atoms with Gasteiger partial charge in [-0.25, -0.2) is 4.79 Å². The van der Waals surface area contributed by atoms with E-state index in [-0.39, 0.29) is 22.9 Å². The number of cyclic esters (lactones) is 1. The smallest absolute Gasteiger partial charge is 0.333 e. The van der Waals surface area contributed by atoms with E-state index < -0.39 is 6.29 Å². The van der Waals surface area contributed by atoms with Crippen molar-refractivity contribution in [3.8, 4) is 0 Å². The van der Waals surface area contributed by atoms with E-state index in [9.17, 15) is 4.79 Å². The summed E-state index contributed by atoms with van der Waals surface area (Å²) < 4.78 is 11.5. The van der Waals surface area contributed by atoms with Crippen LogP contribution in [0, 0.1) is 16.7 Å². The molecule has 0 spiro atoms. The van der Waals surface area contributed by atoms with Gasteiger partial charge in [-0.05, 0) is 36.0 Å². The molecule has 4 atom stereocenters. The van der Waals surface area contributed by atoms with Crippen LogP contribution in [0.3, 0.4) is 0 Å². The number of ether oxygens (including phenoxy) is 2. The minimum absolute atomic E-state index is 0.137. The number of carbonyl (C=O) groups excluding carboxylic acids is 1. The molecule has 0 aromatic rings. The van der Waals surface area contributed by atoms with Gasteiger partial charge in [0.1, 0.15) is 0 Å².